The number of morpholine rings is 1. The van der Waals surface area contributed by atoms with Gasteiger partial charge in [-0.05, 0) is 49.2 Å². The molecule has 28 heavy (non-hydrogen) atoms. The predicted molar refractivity (Wildman–Crippen MR) is 112 cm³/mol. The molecular weight excluding hydrogens is 352 g/mol. The zero-order valence-electron chi connectivity index (χ0n) is 16.7. The fourth-order valence-corrected chi connectivity index (χ4v) is 3.53. The van der Waals surface area contributed by atoms with Crippen molar-refractivity contribution in [2.24, 2.45) is 0 Å². The van der Waals surface area contributed by atoms with Crippen LogP contribution < -0.4 is 10.1 Å². The molecule has 0 bridgehead atoms. The van der Waals surface area contributed by atoms with Gasteiger partial charge in [-0.15, -0.1) is 0 Å². The van der Waals surface area contributed by atoms with E-state index in [2.05, 4.69) is 30.1 Å². The molecule has 2 aromatic carbocycles. The highest BCUT2D eigenvalue weighted by Gasteiger charge is 2.22. The molecule has 2 unspecified atom stereocenters. The topological polar surface area (TPSA) is 50.8 Å². The van der Waals surface area contributed by atoms with Crippen molar-refractivity contribution < 1.29 is 14.3 Å². The number of nitrogens with zero attached hydrogens (tertiary/aromatic N) is 1. The number of rotatable bonds is 6. The maximum atomic E-state index is 12.4. The van der Waals surface area contributed by atoms with Crippen molar-refractivity contribution in [3.8, 4) is 5.75 Å². The minimum absolute atomic E-state index is 0.154. The molecule has 1 saturated heterocycles. The Morgan fingerprint density at radius 2 is 1.93 bits per heavy atom. The number of methoxy groups -OCH3 is 1. The van der Waals surface area contributed by atoms with Crippen LogP contribution in [-0.2, 0) is 16.1 Å². The van der Waals surface area contributed by atoms with Crippen LogP contribution >= 0.6 is 0 Å². The number of para-hydroxylation sites is 1. The van der Waals surface area contributed by atoms with Crippen LogP contribution in [0.3, 0.4) is 0 Å². The van der Waals surface area contributed by atoms with Gasteiger partial charge in [0.05, 0.1) is 19.3 Å². The molecule has 2 atom stereocenters. The average molecular weight is 380 g/mol. The van der Waals surface area contributed by atoms with Gasteiger partial charge in [0, 0.05) is 31.4 Å². The first-order valence-corrected chi connectivity index (χ1v) is 9.62. The van der Waals surface area contributed by atoms with Gasteiger partial charge in [-0.1, -0.05) is 30.3 Å². The van der Waals surface area contributed by atoms with Crippen LogP contribution in [0.25, 0.3) is 6.08 Å². The molecule has 5 nitrogen and oxygen atoms in total. The Hall–Kier alpha value is -2.63. The summed E-state index contributed by atoms with van der Waals surface area (Å²) >= 11 is 0. The maximum absolute atomic E-state index is 12.4. The normalized spacial score (nSPS) is 20.2. The molecule has 1 N–H and O–H groups in total. The molecule has 0 saturated carbocycles. The molecule has 3 rings (SSSR count). The Morgan fingerprint density at radius 3 is 2.68 bits per heavy atom. The quantitative estimate of drug-likeness (QED) is 0.771. The highest BCUT2D eigenvalue weighted by atomic mass is 16.5. The van der Waals surface area contributed by atoms with Gasteiger partial charge < -0.3 is 14.8 Å². The fourth-order valence-electron chi connectivity index (χ4n) is 3.53. The molecule has 0 radical (unpaired) electrons. The molecule has 2 aromatic rings. The highest BCUT2D eigenvalue weighted by molar-refractivity contribution is 6.02. The van der Waals surface area contributed by atoms with Gasteiger partial charge in [0.1, 0.15) is 5.75 Å². The second kappa shape index (κ2) is 9.53. The Kier molecular flexibility index (Phi) is 6.85. The SMILES string of the molecule is COc1cccc(/C=C/C(=O)Nc2ccccc2CN2CC(C)OC(C)C2)c1. The molecule has 0 aromatic heterocycles. The number of carbonyl (C=O) groups excluding carboxylic acids is 1. The lowest BCUT2D eigenvalue weighted by atomic mass is 10.1. The summed E-state index contributed by atoms with van der Waals surface area (Å²) in [6.45, 7) is 6.76. The second-order valence-corrected chi connectivity index (χ2v) is 7.21. The van der Waals surface area contributed by atoms with E-state index >= 15 is 0 Å². The van der Waals surface area contributed by atoms with Crippen molar-refractivity contribution >= 4 is 17.7 Å². The molecule has 1 heterocycles. The van der Waals surface area contributed by atoms with Gasteiger partial charge in [-0.25, -0.2) is 0 Å². The smallest absolute Gasteiger partial charge is 0.248 e. The zero-order valence-corrected chi connectivity index (χ0v) is 16.7. The number of nitrogens with one attached hydrogen (secondary N) is 1. The minimum Gasteiger partial charge on any atom is -0.497 e. The van der Waals surface area contributed by atoms with Gasteiger partial charge in [0.25, 0.3) is 0 Å². The van der Waals surface area contributed by atoms with E-state index in [0.29, 0.717) is 0 Å². The monoisotopic (exact) mass is 380 g/mol. The van der Waals surface area contributed by atoms with E-state index in [1.807, 2.05) is 42.5 Å². The first-order chi connectivity index (χ1) is 13.5. The molecule has 1 aliphatic rings. The summed E-state index contributed by atoms with van der Waals surface area (Å²) in [6, 6.07) is 15.5. The zero-order chi connectivity index (χ0) is 19.9. The van der Waals surface area contributed by atoms with Crippen LogP contribution in [0, 0.1) is 0 Å². The molecule has 1 fully saturated rings. The number of hydrogen-bond donors (Lipinski definition) is 1. The number of benzene rings is 2. The summed E-state index contributed by atoms with van der Waals surface area (Å²) in [5.74, 6) is 0.612. The molecule has 1 amide bonds. The Morgan fingerprint density at radius 1 is 1.18 bits per heavy atom. The van der Waals surface area contributed by atoms with Crippen molar-refractivity contribution in [3.63, 3.8) is 0 Å². The molecular formula is C23H28N2O3. The Labute approximate surface area is 167 Å². The van der Waals surface area contributed by atoms with Crippen LogP contribution in [-0.4, -0.2) is 43.2 Å². The van der Waals surface area contributed by atoms with E-state index in [1.165, 1.54) is 0 Å². The lowest BCUT2D eigenvalue weighted by molar-refractivity contribution is -0.111. The first kappa shape index (κ1) is 20.1. The predicted octanol–water partition coefficient (Wildman–Crippen LogP) is 3.96. The third-order valence-electron chi connectivity index (χ3n) is 4.69. The molecule has 0 spiro atoms. The summed E-state index contributed by atoms with van der Waals surface area (Å²) < 4.78 is 11.0. The summed E-state index contributed by atoms with van der Waals surface area (Å²) in [5, 5.41) is 3.01. The lowest BCUT2D eigenvalue weighted by Crippen LogP contribution is -2.44. The van der Waals surface area contributed by atoms with Crippen molar-refractivity contribution in [2.45, 2.75) is 32.6 Å². The highest BCUT2D eigenvalue weighted by Crippen LogP contribution is 2.20. The van der Waals surface area contributed by atoms with Crippen molar-refractivity contribution in [2.75, 3.05) is 25.5 Å². The minimum atomic E-state index is -0.154. The van der Waals surface area contributed by atoms with Crippen LogP contribution in [0.1, 0.15) is 25.0 Å². The number of ether oxygens (including phenoxy) is 2. The van der Waals surface area contributed by atoms with Crippen molar-refractivity contribution in [1.82, 2.24) is 4.90 Å². The Balaban J connectivity index is 1.65. The van der Waals surface area contributed by atoms with E-state index in [-0.39, 0.29) is 18.1 Å². The van der Waals surface area contributed by atoms with E-state index < -0.39 is 0 Å². The van der Waals surface area contributed by atoms with Gasteiger partial charge >= 0.3 is 0 Å². The number of carbonyl (C=O) groups is 1. The third-order valence-corrected chi connectivity index (χ3v) is 4.69. The van der Waals surface area contributed by atoms with Crippen LogP contribution in [0.4, 0.5) is 5.69 Å². The second-order valence-electron chi connectivity index (χ2n) is 7.21. The van der Waals surface area contributed by atoms with Gasteiger partial charge in [-0.2, -0.15) is 0 Å². The fraction of sp³-hybridized carbons (Fsp3) is 0.348. The van der Waals surface area contributed by atoms with Gasteiger partial charge in [0.15, 0.2) is 0 Å². The van der Waals surface area contributed by atoms with Crippen molar-refractivity contribution in [1.29, 1.82) is 0 Å². The first-order valence-electron chi connectivity index (χ1n) is 9.62. The summed E-state index contributed by atoms with van der Waals surface area (Å²) in [4.78, 5) is 14.8. The molecule has 0 aliphatic carbocycles. The maximum Gasteiger partial charge on any atom is 0.248 e. The van der Waals surface area contributed by atoms with Crippen LogP contribution in [0.15, 0.2) is 54.6 Å². The largest absolute Gasteiger partial charge is 0.497 e. The van der Waals surface area contributed by atoms with E-state index in [0.717, 1.165) is 42.2 Å². The summed E-state index contributed by atoms with van der Waals surface area (Å²) in [7, 11) is 1.63. The van der Waals surface area contributed by atoms with E-state index in [9.17, 15) is 4.79 Å². The lowest BCUT2D eigenvalue weighted by Gasteiger charge is -2.35. The van der Waals surface area contributed by atoms with E-state index in [4.69, 9.17) is 9.47 Å². The number of hydrogen-bond acceptors (Lipinski definition) is 4. The van der Waals surface area contributed by atoms with Crippen LogP contribution in [0.5, 0.6) is 5.75 Å². The average Bonchev–Trinajstić information content (AvgIpc) is 2.67. The molecule has 148 valence electrons. The Bertz CT molecular complexity index is 824. The number of anilines is 1. The van der Waals surface area contributed by atoms with Crippen molar-refractivity contribution in [3.05, 3.63) is 65.7 Å². The molecule has 5 heteroatoms. The van der Waals surface area contributed by atoms with E-state index in [1.54, 1.807) is 19.3 Å². The number of amides is 1. The van der Waals surface area contributed by atoms with Gasteiger partial charge in [0.2, 0.25) is 5.91 Å². The van der Waals surface area contributed by atoms with Crippen LogP contribution in [0.2, 0.25) is 0 Å². The standard InChI is InChI=1S/C23H28N2O3/c1-17-14-25(15-18(2)28-17)16-20-8-4-5-10-22(20)24-23(26)12-11-19-7-6-9-21(13-19)27-3/h4-13,17-18H,14-16H2,1-3H3,(H,24,26)/b12-11+. The third kappa shape index (κ3) is 5.68. The molecule has 1 aliphatic heterocycles. The summed E-state index contributed by atoms with van der Waals surface area (Å²) in [6.07, 6.45) is 3.77. The van der Waals surface area contributed by atoms with Gasteiger partial charge in [-0.3, -0.25) is 9.69 Å². The summed E-state index contributed by atoms with van der Waals surface area (Å²) in [5.41, 5.74) is 2.86.